The maximum absolute atomic E-state index is 13.4. The summed E-state index contributed by atoms with van der Waals surface area (Å²) >= 11 is 0. The molecule has 14 aromatic rings. The Morgan fingerprint density at radius 3 is 0.821 bits per heavy atom. The van der Waals surface area contributed by atoms with Crippen LogP contribution in [0.5, 0.6) is 0 Å². The second-order valence-electron chi connectivity index (χ2n) is 23.3. The van der Waals surface area contributed by atoms with E-state index < -0.39 is 0 Å². The fourth-order valence-corrected chi connectivity index (χ4v) is 16.3. The van der Waals surface area contributed by atoms with Gasteiger partial charge < -0.3 is 0 Å². The molecule has 0 saturated heterocycles. The van der Waals surface area contributed by atoms with Gasteiger partial charge in [-0.25, -0.2) is 0 Å². The molecule has 4 aliphatic rings. The normalized spacial score (nSPS) is 16.3. The van der Waals surface area contributed by atoms with E-state index in [4.69, 9.17) is 0 Å². The SMILES string of the molecule is N#Cc1ccc(-c2c(C3c4ccccc4-c4ccc5ccccc5c43)c(C3c4ccccc4-c4ccc5ccccc5c43)c(C#N)c(C3c4ccccc4-c4ccc5ccccc5c43)c2C2c3ccccc3-c3ccc4ccccc4c32)cc1. The number of hydrogen-bond acceptors (Lipinski definition) is 2. The highest BCUT2D eigenvalue weighted by Gasteiger charge is 2.48. The van der Waals surface area contributed by atoms with Crippen LogP contribution in [0, 0.1) is 22.7 Å². The maximum Gasteiger partial charge on any atom is 0.0998 e. The van der Waals surface area contributed by atoms with E-state index in [-0.39, 0.29) is 23.7 Å². The molecule has 4 atom stereocenters. The average molecular weight is 1060 g/mol. The van der Waals surface area contributed by atoms with Gasteiger partial charge in [-0.1, -0.05) is 255 Å². The highest BCUT2D eigenvalue weighted by Crippen LogP contribution is 2.65. The third-order valence-corrected chi connectivity index (χ3v) is 19.5. The van der Waals surface area contributed by atoms with E-state index in [1.165, 1.54) is 121 Å². The molecule has 0 aliphatic heterocycles. The topological polar surface area (TPSA) is 47.6 Å². The molecule has 4 unspecified atom stereocenters. The Morgan fingerprint density at radius 2 is 0.512 bits per heavy atom. The summed E-state index contributed by atoms with van der Waals surface area (Å²) < 4.78 is 0. The van der Waals surface area contributed by atoms with Gasteiger partial charge in [0, 0.05) is 23.7 Å². The first kappa shape index (κ1) is 46.8. The lowest BCUT2D eigenvalue weighted by atomic mass is 9.65. The van der Waals surface area contributed by atoms with Crippen LogP contribution in [0.4, 0.5) is 0 Å². The Labute approximate surface area is 487 Å². The van der Waals surface area contributed by atoms with Crippen LogP contribution in [0.2, 0.25) is 0 Å². The first-order chi connectivity index (χ1) is 41.7. The van der Waals surface area contributed by atoms with Gasteiger partial charge in [0.05, 0.1) is 23.3 Å². The highest BCUT2D eigenvalue weighted by molar-refractivity contribution is 6.05. The van der Waals surface area contributed by atoms with Crippen LogP contribution in [0.25, 0.3) is 98.7 Å². The van der Waals surface area contributed by atoms with E-state index in [1.807, 2.05) is 12.1 Å². The van der Waals surface area contributed by atoms with Gasteiger partial charge in [0.1, 0.15) is 0 Å². The summed E-state index contributed by atoms with van der Waals surface area (Å²) in [4.78, 5) is 0. The zero-order chi connectivity index (χ0) is 55.3. The van der Waals surface area contributed by atoms with Crippen LogP contribution >= 0.6 is 0 Å². The van der Waals surface area contributed by atoms with Crippen LogP contribution < -0.4 is 0 Å². The molecule has 0 radical (unpaired) electrons. The second kappa shape index (κ2) is 17.8. The summed E-state index contributed by atoms with van der Waals surface area (Å²) in [6.07, 6.45) is 0. The van der Waals surface area contributed by atoms with Crippen molar-refractivity contribution in [3.8, 4) is 67.8 Å². The van der Waals surface area contributed by atoms with E-state index in [9.17, 15) is 10.5 Å². The molecule has 0 N–H and O–H groups in total. The predicted molar refractivity (Wildman–Crippen MR) is 343 cm³/mol. The number of hydrogen-bond donors (Lipinski definition) is 0. The van der Waals surface area contributed by atoms with Crippen LogP contribution in [-0.4, -0.2) is 0 Å². The molecule has 14 aromatic carbocycles. The summed E-state index contributed by atoms with van der Waals surface area (Å²) in [6, 6.07) is 104. The molecule has 0 spiro atoms. The predicted octanol–water partition coefficient (Wildman–Crippen LogP) is 20.4. The average Bonchev–Trinajstić information content (AvgIpc) is 2.00. The Kier molecular flexibility index (Phi) is 9.92. The third-order valence-electron chi connectivity index (χ3n) is 19.5. The van der Waals surface area contributed by atoms with Crippen molar-refractivity contribution in [2.75, 3.05) is 0 Å². The molecule has 0 aromatic heterocycles. The van der Waals surface area contributed by atoms with Gasteiger partial charge in [0.2, 0.25) is 0 Å². The first-order valence-corrected chi connectivity index (χ1v) is 29.2. The summed E-state index contributed by atoms with van der Waals surface area (Å²) in [5.74, 6) is -1.45. The Bertz CT molecular complexity index is 5020. The van der Waals surface area contributed by atoms with Crippen molar-refractivity contribution in [1.82, 2.24) is 0 Å². The Hall–Kier alpha value is -10.9. The summed E-state index contributed by atoms with van der Waals surface area (Å²) in [7, 11) is 0. The Balaban J connectivity index is 1.14. The molecule has 0 bridgehead atoms. The van der Waals surface area contributed by atoms with Crippen LogP contribution in [0.3, 0.4) is 0 Å². The van der Waals surface area contributed by atoms with Crippen molar-refractivity contribution in [2.24, 2.45) is 0 Å². The molecule has 0 amide bonds. The molecular weight excluding hydrogens is 1010 g/mol. The van der Waals surface area contributed by atoms with Gasteiger partial charge in [0.15, 0.2) is 0 Å². The van der Waals surface area contributed by atoms with Crippen LogP contribution in [0.1, 0.15) is 102 Å². The molecule has 4 aliphatic carbocycles. The minimum atomic E-state index is -0.379. The van der Waals surface area contributed by atoms with Crippen molar-refractivity contribution in [1.29, 1.82) is 10.5 Å². The minimum Gasteiger partial charge on any atom is -0.192 e. The van der Waals surface area contributed by atoms with Crippen molar-refractivity contribution < 1.29 is 0 Å². The lowest BCUT2D eigenvalue weighted by molar-refractivity contribution is 0.876. The molecule has 0 saturated carbocycles. The number of rotatable bonds is 5. The fourth-order valence-electron chi connectivity index (χ4n) is 16.3. The van der Waals surface area contributed by atoms with E-state index in [1.54, 1.807) is 0 Å². The second-order valence-corrected chi connectivity index (χ2v) is 23.3. The largest absolute Gasteiger partial charge is 0.192 e. The van der Waals surface area contributed by atoms with E-state index in [2.05, 4.69) is 267 Å². The maximum atomic E-state index is 13.4. The summed E-state index contributed by atoms with van der Waals surface area (Å²) in [5, 5.41) is 33.6. The van der Waals surface area contributed by atoms with Crippen molar-refractivity contribution in [3.63, 3.8) is 0 Å². The van der Waals surface area contributed by atoms with Crippen LogP contribution in [0.15, 0.2) is 267 Å². The van der Waals surface area contributed by atoms with Gasteiger partial charge in [-0.3, -0.25) is 0 Å². The zero-order valence-electron chi connectivity index (χ0n) is 45.6. The van der Waals surface area contributed by atoms with Gasteiger partial charge in [-0.15, -0.1) is 0 Å². The van der Waals surface area contributed by atoms with E-state index in [0.29, 0.717) is 5.56 Å². The van der Waals surface area contributed by atoms with Gasteiger partial charge in [-0.2, -0.15) is 10.5 Å². The summed E-state index contributed by atoms with van der Waals surface area (Å²) in [5.41, 5.74) is 27.1. The van der Waals surface area contributed by atoms with Crippen LogP contribution in [-0.2, 0) is 0 Å². The fraction of sp³-hybridized carbons (Fsp3) is 0.0488. The quantitative estimate of drug-likeness (QED) is 0.172. The number of nitrogens with zero attached hydrogens (tertiary/aromatic N) is 2. The van der Waals surface area contributed by atoms with Crippen molar-refractivity contribution in [2.45, 2.75) is 23.7 Å². The lowest BCUT2D eigenvalue weighted by Gasteiger charge is -2.36. The molecule has 386 valence electrons. The van der Waals surface area contributed by atoms with E-state index >= 15 is 0 Å². The molecule has 84 heavy (non-hydrogen) atoms. The van der Waals surface area contributed by atoms with Crippen molar-refractivity contribution in [3.05, 3.63) is 345 Å². The smallest absolute Gasteiger partial charge is 0.0998 e. The number of fused-ring (bicyclic) bond motifs is 20. The van der Waals surface area contributed by atoms with Gasteiger partial charge >= 0.3 is 0 Å². The first-order valence-electron chi connectivity index (χ1n) is 29.2. The molecule has 2 nitrogen and oxygen atoms in total. The lowest BCUT2D eigenvalue weighted by Crippen LogP contribution is -2.21. The molecule has 0 heterocycles. The Morgan fingerprint density at radius 1 is 0.226 bits per heavy atom. The minimum absolute atomic E-state index is 0.346. The van der Waals surface area contributed by atoms with Crippen molar-refractivity contribution >= 4 is 43.1 Å². The van der Waals surface area contributed by atoms with Gasteiger partial charge in [0.25, 0.3) is 0 Å². The third kappa shape index (κ3) is 6.32. The van der Waals surface area contributed by atoms with Gasteiger partial charge in [-0.05, 0) is 178 Å². The number of nitriles is 2. The molecular formula is C82H48N2. The molecule has 2 heteroatoms. The monoisotopic (exact) mass is 1060 g/mol. The number of benzene rings is 14. The zero-order valence-corrected chi connectivity index (χ0v) is 45.6. The summed E-state index contributed by atoms with van der Waals surface area (Å²) in [6.45, 7) is 0. The highest BCUT2D eigenvalue weighted by atomic mass is 14.5. The molecule has 18 rings (SSSR count). The molecule has 0 fully saturated rings. The van der Waals surface area contributed by atoms with E-state index in [0.717, 1.165) is 49.7 Å². The standard InChI is InChI=1S/C82H48N2/c83-45-47-33-35-52(36-34-47)70-81(77-63-31-15-11-27-59(63)67-43-39-50-19-3-7-23-55(50)73(67)77)79(75-61-29-13-9-25-57(61)65-41-37-48-17-1-5-21-53(48)71(65)75)69(46-84)80(76-62-30-14-10-26-58(62)66-42-38-49-18-2-6-22-54(49)72(66)76)82(70)78-64-32-16-12-28-60(64)68-44-40-51-20-4-8-24-56(51)74(68)78/h1-44,75-78H.